The minimum absolute atomic E-state index is 0.195. The first kappa shape index (κ1) is 15.3. The average molecular weight is 308 g/mol. The lowest BCUT2D eigenvalue weighted by molar-refractivity contribution is 0.627. The second-order valence-electron chi connectivity index (χ2n) is 4.80. The number of pyridine rings is 1. The van der Waals surface area contributed by atoms with E-state index in [4.69, 9.17) is 17.3 Å². The van der Waals surface area contributed by atoms with E-state index in [9.17, 15) is 4.79 Å². The van der Waals surface area contributed by atoms with Crippen LogP contribution in [0.5, 0.6) is 0 Å². The zero-order chi connectivity index (χ0) is 15.4. The van der Waals surface area contributed by atoms with Crippen molar-refractivity contribution in [3.63, 3.8) is 0 Å². The van der Waals surface area contributed by atoms with Crippen LogP contribution in [0.15, 0.2) is 29.2 Å². The van der Waals surface area contributed by atoms with Crippen LogP contribution in [0.1, 0.15) is 19.0 Å². The van der Waals surface area contributed by atoms with E-state index < -0.39 is 0 Å². The molecule has 0 aliphatic rings. The minimum Gasteiger partial charge on any atom is -0.384 e. The van der Waals surface area contributed by atoms with Crippen LogP contribution in [0.3, 0.4) is 0 Å². The van der Waals surface area contributed by atoms with Gasteiger partial charge in [0.15, 0.2) is 0 Å². The van der Waals surface area contributed by atoms with E-state index in [2.05, 4.69) is 17.0 Å². The fourth-order valence-electron chi connectivity index (χ4n) is 1.97. The molecule has 7 heteroatoms. The molecule has 0 aromatic carbocycles. The van der Waals surface area contributed by atoms with Crippen LogP contribution < -0.4 is 16.2 Å². The van der Waals surface area contributed by atoms with Crippen molar-refractivity contribution in [2.75, 3.05) is 24.2 Å². The quantitative estimate of drug-likeness (QED) is 0.911. The molecular weight excluding hydrogens is 290 g/mol. The van der Waals surface area contributed by atoms with Gasteiger partial charge in [0.1, 0.15) is 5.82 Å². The third kappa shape index (κ3) is 3.72. The largest absolute Gasteiger partial charge is 0.384 e. The van der Waals surface area contributed by atoms with Gasteiger partial charge in [0.2, 0.25) is 0 Å². The van der Waals surface area contributed by atoms with E-state index in [0.717, 1.165) is 18.7 Å². The van der Waals surface area contributed by atoms with Crippen molar-refractivity contribution in [2.24, 2.45) is 0 Å². The third-order valence-electron chi connectivity index (χ3n) is 3.09. The van der Waals surface area contributed by atoms with Gasteiger partial charge in [-0.1, -0.05) is 18.5 Å². The Hall–Kier alpha value is -2.08. The molecule has 2 rings (SSSR count). The van der Waals surface area contributed by atoms with Crippen LogP contribution in [-0.2, 0) is 6.54 Å². The molecule has 2 heterocycles. The molecule has 0 saturated heterocycles. The number of anilines is 2. The number of nitrogens with two attached hydrogens (primary N) is 1. The Morgan fingerprint density at radius 2 is 2.19 bits per heavy atom. The Morgan fingerprint density at radius 1 is 1.43 bits per heavy atom. The molecule has 2 aromatic rings. The molecule has 0 radical (unpaired) electrons. The van der Waals surface area contributed by atoms with Crippen molar-refractivity contribution in [2.45, 2.75) is 19.9 Å². The lowest BCUT2D eigenvalue weighted by Gasteiger charge is -2.17. The van der Waals surface area contributed by atoms with Crippen molar-refractivity contribution in [3.05, 3.63) is 45.5 Å². The molecular formula is C14H18ClN5O. The molecule has 0 fully saturated rings. The predicted octanol–water partition coefficient (Wildman–Crippen LogP) is 1.77. The summed E-state index contributed by atoms with van der Waals surface area (Å²) in [5, 5.41) is 4.63. The molecule has 0 spiro atoms. The first-order valence-electron chi connectivity index (χ1n) is 6.70. The van der Waals surface area contributed by atoms with Gasteiger partial charge >= 0.3 is 0 Å². The van der Waals surface area contributed by atoms with Crippen LogP contribution >= 0.6 is 11.6 Å². The van der Waals surface area contributed by atoms with Gasteiger partial charge < -0.3 is 10.6 Å². The van der Waals surface area contributed by atoms with Gasteiger partial charge in [-0.05, 0) is 18.6 Å². The Kier molecular flexibility index (Phi) is 4.80. The number of hydrogen-bond acceptors (Lipinski definition) is 5. The fourth-order valence-corrected chi connectivity index (χ4v) is 2.14. The number of aromatic nitrogens is 3. The molecule has 0 bridgehead atoms. The monoisotopic (exact) mass is 307 g/mol. The summed E-state index contributed by atoms with van der Waals surface area (Å²) in [7, 11) is 1.93. The molecule has 0 saturated carbocycles. The van der Waals surface area contributed by atoms with E-state index in [1.807, 2.05) is 11.9 Å². The van der Waals surface area contributed by atoms with Crippen molar-refractivity contribution >= 4 is 23.1 Å². The Labute approximate surface area is 128 Å². The summed E-state index contributed by atoms with van der Waals surface area (Å²) in [4.78, 5) is 18.2. The number of hydrogen-bond donors (Lipinski definition) is 1. The molecule has 112 valence electrons. The number of halogens is 1. The Bertz CT molecular complexity index is 685. The average Bonchev–Trinajstić information content (AvgIpc) is 2.45. The highest BCUT2D eigenvalue weighted by Gasteiger charge is 2.08. The zero-order valence-corrected chi connectivity index (χ0v) is 12.8. The van der Waals surface area contributed by atoms with E-state index in [1.54, 1.807) is 24.4 Å². The Balaban J connectivity index is 2.25. The first-order chi connectivity index (χ1) is 10.0. The summed E-state index contributed by atoms with van der Waals surface area (Å²) in [5.41, 5.74) is 6.76. The van der Waals surface area contributed by atoms with Gasteiger partial charge in [-0.25, -0.2) is 9.67 Å². The Morgan fingerprint density at radius 3 is 2.86 bits per heavy atom. The van der Waals surface area contributed by atoms with Crippen LogP contribution in [0.25, 0.3) is 0 Å². The highest BCUT2D eigenvalue weighted by Crippen LogP contribution is 2.16. The molecule has 21 heavy (non-hydrogen) atoms. The van der Waals surface area contributed by atoms with Crippen molar-refractivity contribution in [3.8, 4) is 0 Å². The summed E-state index contributed by atoms with van der Waals surface area (Å²) in [6.45, 7) is 3.15. The second kappa shape index (κ2) is 6.58. The molecule has 2 aromatic heterocycles. The maximum absolute atomic E-state index is 12.1. The molecule has 6 nitrogen and oxygen atoms in total. The summed E-state index contributed by atoms with van der Waals surface area (Å²) in [6.07, 6.45) is 2.67. The maximum Gasteiger partial charge on any atom is 0.269 e. The molecule has 0 atom stereocenters. The molecule has 0 unspecified atom stereocenters. The van der Waals surface area contributed by atoms with Gasteiger partial charge in [-0.3, -0.25) is 4.79 Å². The van der Waals surface area contributed by atoms with Gasteiger partial charge in [0.25, 0.3) is 5.56 Å². The molecule has 0 aliphatic carbocycles. The summed E-state index contributed by atoms with van der Waals surface area (Å²) in [5.74, 6) is 0.363. The van der Waals surface area contributed by atoms with Crippen LogP contribution in [0.2, 0.25) is 5.02 Å². The first-order valence-corrected chi connectivity index (χ1v) is 7.08. The molecule has 2 N–H and O–H groups in total. The van der Waals surface area contributed by atoms with E-state index in [1.165, 1.54) is 4.68 Å². The molecule has 0 amide bonds. The standard InChI is InChI=1S/C14H18ClN5O/c1-3-6-19(2)10-7-14(21)20(17-8-10)9-12-11(15)4-5-13(16)18-12/h4-5,7-8H,3,6,9H2,1-2H3,(H2,16,18). The SMILES string of the molecule is CCCN(C)c1cnn(Cc2nc(N)ccc2Cl)c(=O)c1. The normalized spacial score (nSPS) is 10.6. The lowest BCUT2D eigenvalue weighted by atomic mass is 10.3. The van der Waals surface area contributed by atoms with Gasteiger partial charge in [0.05, 0.1) is 29.1 Å². The van der Waals surface area contributed by atoms with Gasteiger partial charge in [-0.15, -0.1) is 0 Å². The number of nitrogen functional groups attached to an aromatic ring is 1. The van der Waals surface area contributed by atoms with Crippen LogP contribution in [-0.4, -0.2) is 28.4 Å². The van der Waals surface area contributed by atoms with E-state index >= 15 is 0 Å². The summed E-state index contributed by atoms with van der Waals surface area (Å²) in [6, 6.07) is 4.83. The van der Waals surface area contributed by atoms with Crippen molar-refractivity contribution < 1.29 is 0 Å². The zero-order valence-electron chi connectivity index (χ0n) is 12.1. The fraction of sp³-hybridized carbons (Fsp3) is 0.357. The van der Waals surface area contributed by atoms with Crippen LogP contribution in [0, 0.1) is 0 Å². The predicted molar refractivity (Wildman–Crippen MR) is 84.8 cm³/mol. The second-order valence-corrected chi connectivity index (χ2v) is 5.20. The highest BCUT2D eigenvalue weighted by molar-refractivity contribution is 6.31. The van der Waals surface area contributed by atoms with Gasteiger partial charge in [0, 0.05) is 19.7 Å². The third-order valence-corrected chi connectivity index (χ3v) is 3.44. The van der Waals surface area contributed by atoms with E-state index in [0.29, 0.717) is 16.5 Å². The lowest BCUT2D eigenvalue weighted by Crippen LogP contribution is -2.26. The summed E-state index contributed by atoms with van der Waals surface area (Å²) < 4.78 is 1.32. The maximum atomic E-state index is 12.1. The summed E-state index contributed by atoms with van der Waals surface area (Å²) >= 11 is 6.05. The van der Waals surface area contributed by atoms with Crippen LogP contribution in [0.4, 0.5) is 11.5 Å². The smallest absolute Gasteiger partial charge is 0.269 e. The number of nitrogens with zero attached hydrogens (tertiary/aromatic N) is 4. The van der Waals surface area contributed by atoms with E-state index in [-0.39, 0.29) is 12.1 Å². The number of rotatable bonds is 5. The van der Waals surface area contributed by atoms with Gasteiger partial charge in [-0.2, -0.15) is 5.10 Å². The van der Waals surface area contributed by atoms with Crippen molar-refractivity contribution in [1.29, 1.82) is 0 Å². The minimum atomic E-state index is -0.198. The highest BCUT2D eigenvalue weighted by atomic mass is 35.5. The molecule has 0 aliphatic heterocycles. The van der Waals surface area contributed by atoms with Crippen molar-refractivity contribution in [1.82, 2.24) is 14.8 Å². The topological polar surface area (TPSA) is 77.0 Å².